The normalized spacial score (nSPS) is 15.0. The van der Waals surface area contributed by atoms with Crippen molar-refractivity contribution in [2.24, 2.45) is 5.41 Å². The van der Waals surface area contributed by atoms with Crippen LogP contribution in [-0.2, 0) is 9.59 Å². The van der Waals surface area contributed by atoms with Crippen LogP contribution < -0.4 is 21.3 Å². The molecule has 0 spiro atoms. The van der Waals surface area contributed by atoms with Crippen LogP contribution >= 0.6 is 0 Å². The molecule has 0 amide bonds. The van der Waals surface area contributed by atoms with E-state index in [1.54, 1.807) is 0 Å². The van der Waals surface area contributed by atoms with Crippen LogP contribution in [0.4, 0.5) is 0 Å². The molecule has 0 saturated carbocycles. The number of unbranched alkanes of at least 4 members (excludes halogenated alkanes) is 2. The minimum Gasteiger partial charge on any atom is -0.320 e. The number of Topliss-reactive ketones (excluding diaryl/α,β-unsaturated/α-hetero) is 2. The van der Waals surface area contributed by atoms with E-state index in [9.17, 15) is 9.59 Å². The van der Waals surface area contributed by atoms with Crippen molar-refractivity contribution in [3.05, 3.63) is 0 Å². The van der Waals surface area contributed by atoms with E-state index in [1.165, 1.54) is 0 Å². The van der Waals surface area contributed by atoms with Crippen LogP contribution in [0.5, 0.6) is 0 Å². The molecule has 2 unspecified atom stereocenters. The van der Waals surface area contributed by atoms with E-state index < -0.39 is 11.0 Å². The molecule has 31 heavy (non-hydrogen) atoms. The molecule has 0 radical (unpaired) electrons. The van der Waals surface area contributed by atoms with Gasteiger partial charge in [-0.05, 0) is 87.5 Å². The topological polar surface area (TPSA) is 82.3 Å². The summed E-state index contributed by atoms with van der Waals surface area (Å²) in [6.07, 6.45) is 5.51. The molecule has 0 fully saturated rings. The standard InChI is InChI=1S/C25H52N4O2/c1-23(2,3)21(30)19(15-11-13-17-26-9)29-25(7,8)22(31)20(28-24(4,5)6)16-12-14-18-27-10/h19-20,26-29H,11-18H2,1-10H3. The van der Waals surface area contributed by atoms with Crippen LogP contribution in [-0.4, -0.2) is 61.9 Å². The van der Waals surface area contributed by atoms with E-state index in [0.29, 0.717) is 0 Å². The second-order valence-electron chi connectivity index (χ2n) is 11.4. The van der Waals surface area contributed by atoms with Crippen molar-refractivity contribution in [3.8, 4) is 0 Å². The second kappa shape index (κ2) is 13.7. The van der Waals surface area contributed by atoms with E-state index in [0.717, 1.165) is 51.6 Å². The van der Waals surface area contributed by atoms with Gasteiger partial charge >= 0.3 is 0 Å². The molecule has 0 aliphatic heterocycles. The zero-order valence-corrected chi connectivity index (χ0v) is 22.1. The van der Waals surface area contributed by atoms with Gasteiger partial charge in [-0.25, -0.2) is 0 Å². The summed E-state index contributed by atoms with van der Waals surface area (Å²) in [4.78, 5) is 26.8. The molecule has 0 aromatic carbocycles. The zero-order chi connectivity index (χ0) is 24.3. The van der Waals surface area contributed by atoms with Crippen molar-refractivity contribution < 1.29 is 9.59 Å². The average molecular weight is 441 g/mol. The van der Waals surface area contributed by atoms with Crippen LogP contribution in [0.3, 0.4) is 0 Å². The maximum atomic E-state index is 13.6. The first-order chi connectivity index (χ1) is 14.2. The van der Waals surface area contributed by atoms with E-state index in [2.05, 4.69) is 42.0 Å². The molecule has 2 atom stereocenters. The molecule has 4 N–H and O–H groups in total. The van der Waals surface area contributed by atoms with Crippen molar-refractivity contribution in [1.82, 2.24) is 21.3 Å². The van der Waals surface area contributed by atoms with Gasteiger partial charge in [-0.2, -0.15) is 0 Å². The summed E-state index contributed by atoms with van der Waals surface area (Å²) < 4.78 is 0. The van der Waals surface area contributed by atoms with Crippen LogP contribution in [0.1, 0.15) is 93.9 Å². The molecule has 0 bridgehead atoms. The highest BCUT2D eigenvalue weighted by Gasteiger charge is 2.39. The highest BCUT2D eigenvalue weighted by Crippen LogP contribution is 2.23. The van der Waals surface area contributed by atoms with Gasteiger partial charge < -0.3 is 16.0 Å². The summed E-state index contributed by atoms with van der Waals surface area (Å²) >= 11 is 0. The van der Waals surface area contributed by atoms with Gasteiger partial charge in [0.1, 0.15) is 0 Å². The molecule has 0 rings (SSSR count). The molecule has 0 aromatic heterocycles. The summed E-state index contributed by atoms with van der Waals surface area (Å²) in [5.41, 5.74) is -1.40. The molecule has 184 valence electrons. The Morgan fingerprint density at radius 3 is 1.42 bits per heavy atom. The van der Waals surface area contributed by atoms with Gasteiger partial charge in [0.05, 0.1) is 17.6 Å². The quantitative estimate of drug-likeness (QED) is 0.275. The fourth-order valence-corrected chi connectivity index (χ4v) is 3.83. The van der Waals surface area contributed by atoms with Gasteiger partial charge in [-0.3, -0.25) is 14.9 Å². The molecule has 0 aliphatic carbocycles. The molecule has 6 heteroatoms. The maximum absolute atomic E-state index is 13.6. The summed E-state index contributed by atoms with van der Waals surface area (Å²) in [5, 5.41) is 13.3. The average Bonchev–Trinajstić information content (AvgIpc) is 2.63. The summed E-state index contributed by atoms with van der Waals surface area (Å²) in [6, 6.07) is -0.565. The van der Waals surface area contributed by atoms with Crippen molar-refractivity contribution in [1.29, 1.82) is 0 Å². The van der Waals surface area contributed by atoms with E-state index in [1.807, 2.05) is 48.7 Å². The van der Waals surface area contributed by atoms with Gasteiger partial charge in [0.2, 0.25) is 0 Å². The molecule has 0 aliphatic rings. The summed E-state index contributed by atoms with van der Waals surface area (Å²) in [5.74, 6) is 0.306. The minimum absolute atomic E-state index is 0.133. The third-order valence-electron chi connectivity index (χ3n) is 5.47. The van der Waals surface area contributed by atoms with Gasteiger partial charge in [-0.15, -0.1) is 0 Å². The van der Waals surface area contributed by atoms with Crippen molar-refractivity contribution in [2.75, 3.05) is 27.2 Å². The molecule has 0 saturated heterocycles. The Morgan fingerprint density at radius 2 is 1.06 bits per heavy atom. The molecular formula is C25H52N4O2. The lowest BCUT2D eigenvalue weighted by Gasteiger charge is -2.37. The summed E-state index contributed by atoms with van der Waals surface area (Å²) in [7, 11) is 3.89. The predicted octanol–water partition coefficient (Wildman–Crippen LogP) is 3.44. The monoisotopic (exact) mass is 440 g/mol. The Hall–Kier alpha value is -0.820. The highest BCUT2D eigenvalue weighted by atomic mass is 16.1. The fourth-order valence-electron chi connectivity index (χ4n) is 3.83. The number of hydrogen-bond donors (Lipinski definition) is 4. The number of nitrogens with one attached hydrogen (secondary N) is 4. The number of carbonyl (C=O) groups is 2. The minimum atomic E-state index is -0.791. The Labute approximate surface area is 192 Å². The highest BCUT2D eigenvalue weighted by molar-refractivity contribution is 5.94. The van der Waals surface area contributed by atoms with Gasteiger partial charge in [0.15, 0.2) is 11.6 Å². The second-order valence-corrected chi connectivity index (χ2v) is 11.4. The largest absolute Gasteiger partial charge is 0.320 e. The molecule has 0 aromatic rings. The van der Waals surface area contributed by atoms with Crippen molar-refractivity contribution in [2.45, 2.75) is 117 Å². The van der Waals surface area contributed by atoms with E-state index >= 15 is 0 Å². The fraction of sp³-hybridized carbons (Fsp3) is 0.920. The van der Waals surface area contributed by atoms with E-state index in [4.69, 9.17) is 0 Å². The first-order valence-corrected chi connectivity index (χ1v) is 12.1. The van der Waals surface area contributed by atoms with Crippen molar-refractivity contribution >= 4 is 11.6 Å². The molecular weight excluding hydrogens is 388 g/mol. The number of hydrogen-bond acceptors (Lipinski definition) is 6. The SMILES string of the molecule is CNCCCCC(NC(C)(C)C(=O)C(CCCCNC)NC(C)(C)C)C(=O)C(C)(C)C. The number of rotatable bonds is 16. The number of ketones is 2. The third kappa shape index (κ3) is 12.7. The van der Waals surface area contributed by atoms with Crippen LogP contribution in [0.2, 0.25) is 0 Å². The van der Waals surface area contributed by atoms with Gasteiger partial charge in [0.25, 0.3) is 0 Å². The zero-order valence-electron chi connectivity index (χ0n) is 22.1. The Bertz CT molecular complexity index is 533. The smallest absolute Gasteiger partial charge is 0.169 e. The van der Waals surface area contributed by atoms with E-state index in [-0.39, 0.29) is 29.2 Å². The molecule has 0 heterocycles. The lowest BCUT2D eigenvalue weighted by atomic mass is 9.82. The van der Waals surface area contributed by atoms with Crippen LogP contribution in [0.15, 0.2) is 0 Å². The Kier molecular flexibility index (Phi) is 13.3. The first-order valence-electron chi connectivity index (χ1n) is 12.1. The third-order valence-corrected chi connectivity index (χ3v) is 5.47. The molecule has 6 nitrogen and oxygen atoms in total. The van der Waals surface area contributed by atoms with Crippen LogP contribution in [0.25, 0.3) is 0 Å². The van der Waals surface area contributed by atoms with Crippen LogP contribution in [0, 0.1) is 5.41 Å². The lowest BCUT2D eigenvalue weighted by molar-refractivity contribution is -0.131. The lowest BCUT2D eigenvalue weighted by Crippen LogP contribution is -2.61. The van der Waals surface area contributed by atoms with Crippen molar-refractivity contribution in [3.63, 3.8) is 0 Å². The van der Waals surface area contributed by atoms with Gasteiger partial charge in [-0.1, -0.05) is 33.6 Å². The Balaban J connectivity index is 5.45. The number of carbonyl (C=O) groups excluding carboxylic acids is 2. The predicted molar refractivity (Wildman–Crippen MR) is 133 cm³/mol. The maximum Gasteiger partial charge on any atom is 0.169 e. The summed E-state index contributed by atoms with van der Waals surface area (Å²) in [6.45, 7) is 17.9. The first kappa shape index (κ1) is 30.2. The van der Waals surface area contributed by atoms with Gasteiger partial charge in [0, 0.05) is 11.0 Å². The Morgan fingerprint density at radius 1 is 0.645 bits per heavy atom.